The van der Waals surface area contributed by atoms with Crippen molar-refractivity contribution < 1.29 is 9.90 Å². The Hall–Kier alpha value is -1.81. The third-order valence-corrected chi connectivity index (χ3v) is 3.45. The first-order valence-corrected chi connectivity index (χ1v) is 6.64. The molecule has 4 nitrogen and oxygen atoms in total. The number of carbonyl (C=O) groups is 1. The number of aromatic amines is 1. The van der Waals surface area contributed by atoms with Crippen LogP contribution >= 0.6 is 0 Å². The van der Waals surface area contributed by atoms with Gasteiger partial charge < -0.3 is 10.1 Å². The quantitative estimate of drug-likeness (QED) is 0.839. The molecule has 0 aliphatic carbocycles. The van der Waals surface area contributed by atoms with Crippen molar-refractivity contribution in [2.24, 2.45) is 0 Å². The standard InChI is InChI=1S/C15H20N2O2/c1-3-4-9-17(2)14(15(18)19)12-10-16-13-8-6-5-7-11(12)13/h5-8,10,14,16H,3-4,9H2,1-2H3,(H,18,19). The maximum atomic E-state index is 11.6. The van der Waals surface area contributed by atoms with Crippen LogP contribution in [0.5, 0.6) is 0 Å². The summed E-state index contributed by atoms with van der Waals surface area (Å²) in [5, 5.41) is 10.5. The van der Waals surface area contributed by atoms with Crippen LogP contribution in [0.4, 0.5) is 0 Å². The van der Waals surface area contributed by atoms with Crippen molar-refractivity contribution in [3.8, 4) is 0 Å². The number of hydrogen-bond acceptors (Lipinski definition) is 2. The fraction of sp³-hybridized carbons (Fsp3) is 0.400. The summed E-state index contributed by atoms with van der Waals surface area (Å²) in [6.07, 6.45) is 3.87. The Balaban J connectivity index is 2.36. The van der Waals surface area contributed by atoms with Crippen LogP contribution < -0.4 is 0 Å². The fourth-order valence-electron chi connectivity index (χ4n) is 2.42. The molecule has 102 valence electrons. The van der Waals surface area contributed by atoms with Gasteiger partial charge in [-0.1, -0.05) is 31.5 Å². The Bertz CT molecular complexity index is 562. The number of H-pyrrole nitrogens is 1. The van der Waals surface area contributed by atoms with E-state index in [0.717, 1.165) is 35.9 Å². The van der Waals surface area contributed by atoms with Gasteiger partial charge in [0.15, 0.2) is 0 Å². The maximum absolute atomic E-state index is 11.6. The lowest BCUT2D eigenvalue weighted by Crippen LogP contribution is -2.31. The minimum atomic E-state index is -0.802. The number of rotatable bonds is 6. The van der Waals surface area contributed by atoms with E-state index in [1.54, 1.807) is 0 Å². The number of benzene rings is 1. The molecule has 0 radical (unpaired) electrons. The molecule has 0 bridgehead atoms. The van der Waals surface area contributed by atoms with E-state index in [1.807, 2.05) is 42.4 Å². The molecule has 1 heterocycles. The number of carboxylic acid groups (broad SMARTS) is 1. The summed E-state index contributed by atoms with van der Waals surface area (Å²) in [4.78, 5) is 16.6. The third-order valence-electron chi connectivity index (χ3n) is 3.45. The number of nitrogens with zero attached hydrogens (tertiary/aromatic N) is 1. The van der Waals surface area contributed by atoms with E-state index in [9.17, 15) is 9.90 Å². The second-order valence-corrected chi connectivity index (χ2v) is 4.86. The zero-order valence-corrected chi connectivity index (χ0v) is 11.4. The van der Waals surface area contributed by atoms with Crippen LogP contribution in [-0.4, -0.2) is 34.6 Å². The lowest BCUT2D eigenvalue weighted by Gasteiger charge is -2.24. The number of para-hydroxylation sites is 1. The fourth-order valence-corrected chi connectivity index (χ4v) is 2.42. The first kappa shape index (κ1) is 13.6. The average Bonchev–Trinajstić information content (AvgIpc) is 2.80. The van der Waals surface area contributed by atoms with E-state index >= 15 is 0 Å². The molecule has 0 amide bonds. The van der Waals surface area contributed by atoms with Crippen molar-refractivity contribution in [2.75, 3.05) is 13.6 Å². The van der Waals surface area contributed by atoms with Crippen LogP contribution in [0, 0.1) is 0 Å². The second-order valence-electron chi connectivity index (χ2n) is 4.86. The summed E-state index contributed by atoms with van der Waals surface area (Å²) >= 11 is 0. The molecule has 0 saturated heterocycles. The number of fused-ring (bicyclic) bond motifs is 1. The number of aliphatic carboxylic acids is 1. The Morgan fingerprint density at radius 2 is 2.16 bits per heavy atom. The summed E-state index contributed by atoms with van der Waals surface area (Å²) in [5.41, 5.74) is 1.81. The van der Waals surface area contributed by atoms with Crippen molar-refractivity contribution in [1.29, 1.82) is 0 Å². The molecule has 1 atom stereocenters. The van der Waals surface area contributed by atoms with E-state index in [-0.39, 0.29) is 0 Å². The van der Waals surface area contributed by atoms with Crippen LogP contribution in [0.3, 0.4) is 0 Å². The van der Waals surface area contributed by atoms with Crippen molar-refractivity contribution in [1.82, 2.24) is 9.88 Å². The van der Waals surface area contributed by atoms with Gasteiger partial charge in [0.05, 0.1) is 0 Å². The molecule has 1 unspecified atom stereocenters. The molecule has 0 aliphatic heterocycles. The molecule has 0 aliphatic rings. The summed E-state index contributed by atoms with van der Waals surface area (Å²) < 4.78 is 0. The van der Waals surface area contributed by atoms with Crippen LogP contribution in [-0.2, 0) is 4.79 Å². The van der Waals surface area contributed by atoms with Gasteiger partial charge in [0.2, 0.25) is 0 Å². The number of carboxylic acids is 1. The molecule has 19 heavy (non-hydrogen) atoms. The van der Waals surface area contributed by atoms with E-state index in [4.69, 9.17) is 0 Å². The largest absolute Gasteiger partial charge is 0.480 e. The Labute approximate surface area is 113 Å². The SMILES string of the molecule is CCCCN(C)C(C(=O)O)c1c[nH]c2ccccc12. The van der Waals surface area contributed by atoms with Gasteiger partial charge in [-0.25, -0.2) is 0 Å². The van der Waals surface area contributed by atoms with E-state index < -0.39 is 12.0 Å². The van der Waals surface area contributed by atoms with Crippen LogP contribution in [0.1, 0.15) is 31.4 Å². The van der Waals surface area contributed by atoms with Gasteiger partial charge in [-0.3, -0.25) is 9.69 Å². The van der Waals surface area contributed by atoms with Crippen molar-refractivity contribution in [3.05, 3.63) is 36.0 Å². The Morgan fingerprint density at radius 3 is 2.84 bits per heavy atom. The zero-order chi connectivity index (χ0) is 13.8. The second kappa shape index (κ2) is 5.89. The first-order valence-electron chi connectivity index (χ1n) is 6.64. The topological polar surface area (TPSA) is 56.3 Å². The Kier molecular flexibility index (Phi) is 4.22. The third kappa shape index (κ3) is 2.79. The summed E-state index contributed by atoms with van der Waals surface area (Å²) in [5.74, 6) is -0.802. The lowest BCUT2D eigenvalue weighted by atomic mass is 10.0. The van der Waals surface area contributed by atoms with Gasteiger partial charge in [0.25, 0.3) is 0 Å². The highest BCUT2D eigenvalue weighted by Gasteiger charge is 2.26. The van der Waals surface area contributed by atoms with Crippen molar-refractivity contribution >= 4 is 16.9 Å². The van der Waals surface area contributed by atoms with Gasteiger partial charge in [0.1, 0.15) is 6.04 Å². The molecule has 2 rings (SSSR count). The minimum absolute atomic E-state index is 0.595. The molecule has 1 aromatic carbocycles. The molecule has 1 aromatic heterocycles. The highest BCUT2D eigenvalue weighted by Crippen LogP contribution is 2.28. The molecule has 2 N–H and O–H groups in total. The van der Waals surface area contributed by atoms with Gasteiger partial charge in [-0.2, -0.15) is 0 Å². The molecule has 0 spiro atoms. The van der Waals surface area contributed by atoms with E-state index in [1.165, 1.54) is 0 Å². The van der Waals surface area contributed by atoms with E-state index in [2.05, 4.69) is 11.9 Å². The normalized spacial score (nSPS) is 13.0. The maximum Gasteiger partial charge on any atom is 0.325 e. The number of nitrogens with one attached hydrogen (secondary N) is 1. The van der Waals surface area contributed by atoms with Crippen molar-refractivity contribution in [3.63, 3.8) is 0 Å². The number of likely N-dealkylation sites (N-methyl/N-ethyl adjacent to an activating group) is 1. The molecule has 4 heteroatoms. The van der Waals surface area contributed by atoms with Crippen LogP contribution in [0.2, 0.25) is 0 Å². The molecule has 0 saturated carbocycles. The summed E-state index contributed by atoms with van der Waals surface area (Å²) in [6, 6.07) is 7.21. The summed E-state index contributed by atoms with van der Waals surface area (Å²) in [7, 11) is 1.87. The van der Waals surface area contributed by atoms with Gasteiger partial charge in [-0.05, 0) is 26.1 Å². The van der Waals surface area contributed by atoms with Crippen molar-refractivity contribution in [2.45, 2.75) is 25.8 Å². The number of unbranched alkanes of at least 4 members (excludes halogenated alkanes) is 1. The molecule has 0 fully saturated rings. The zero-order valence-electron chi connectivity index (χ0n) is 11.4. The summed E-state index contributed by atoms with van der Waals surface area (Å²) in [6.45, 7) is 2.89. The van der Waals surface area contributed by atoms with Gasteiger partial charge >= 0.3 is 5.97 Å². The van der Waals surface area contributed by atoms with Crippen LogP contribution in [0.15, 0.2) is 30.5 Å². The van der Waals surface area contributed by atoms with Crippen LogP contribution in [0.25, 0.3) is 10.9 Å². The number of hydrogen-bond donors (Lipinski definition) is 2. The average molecular weight is 260 g/mol. The van der Waals surface area contributed by atoms with E-state index in [0.29, 0.717) is 0 Å². The Morgan fingerprint density at radius 1 is 1.42 bits per heavy atom. The highest BCUT2D eigenvalue weighted by molar-refractivity contribution is 5.89. The lowest BCUT2D eigenvalue weighted by molar-refractivity contribution is -0.143. The molecular weight excluding hydrogens is 240 g/mol. The highest BCUT2D eigenvalue weighted by atomic mass is 16.4. The minimum Gasteiger partial charge on any atom is -0.480 e. The predicted molar refractivity (Wildman–Crippen MR) is 76.2 cm³/mol. The van der Waals surface area contributed by atoms with Gasteiger partial charge in [0, 0.05) is 22.7 Å². The predicted octanol–water partition coefficient (Wildman–Crippen LogP) is 3.03. The number of aromatic nitrogens is 1. The molecular formula is C15H20N2O2. The molecule has 2 aromatic rings. The first-order chi connectivity index (χ1) is 9.15. The van der Waals surface area contributed by atoms with Gasteiger partial charge in [-0.15, -0.1) is 0 Å². The smallest absolute Gasteiger partial charge is 0.325 e. The monoisotopic (exact) mass is 260 g/mol.